The van der Waals surface area contributed by atoms with Crippen LogP contribution < -0.4 is 20.7 Å². The molecule has 2 atom stereocenters. The van der Waals surface area contributed by atoms with Gasteiger partial charge in [0.25, 0.3) is 11.8 Å². The van der Waals surface area contributed by atoms with Crippen LogP contribution in [0.1, 0.15) is 79.2 Å². The number of carbonyl (C=O) groups is 5. The van der Waals surface area contributed by atoms with Crippen molar-refractivity contribution in [1.82, 2.24) is 25.0 Å². The molecule has 0 saturated carbocycles. The number of rotatable bonds is 19. The van der Waals surface area contributed by atoms with E-state index in [-0.39, 0.29) is 36.3 Å². The summed E-state index contributed by atoms with van der Waals surface area (Å²) in [5, 5.41) is 18.8. The molecule has 2 aromatic heterocycles. The van der Waals surface area contributed by atoms with Crippen LogP contribution in [0.3, 0.4) is 0 Å². The number of aromatic nitrogens is 3. The first-order valence-electron chi connectivity index (χ1n) is 21.2. The van der Waals surface area contributed by atoms with Gasteiger partial charge in [-0.05, 0) is 81.3 Å². The quantitative estimate of drug-likeness (QED) is 0.0668. The number of aryl methyl sites for hydroxylation is 2. The van der Waals surface area contributed by atoms with Crippen molar-refractivity contribution in [2.75, 3.05) is 63.4 Å². The van der Waals surface area contributed by atoms with Crippen LogP contribution in [0.2, 0.25) is 5.02 Å². The molecule has 19 heteroatoms. The van der Waals surface area contributed by atoms with Crippen LogP contribution in [-0.2, 0) is 28.6 Å². The largest absolute Gasteiger partial charge is 0.491 e. The highest BCUT2D eigenvalue weighted by Gasteiger charge is 2.45. The summed E-state index contributed by atoms with van der Waals surface area (Å²) in [6.45, 7) is 8.86. The van der Waals surface area contributed by atoms with Crippen molar-refractivity contribution in [2.24, 2.45) is 4.99 Å². The van der Waals surface area contributed by atoms with Crippen LogP contribution in [0.15, 0.2) is 71.7 Å². The average Bonchev–Trinajstić information content (AvgIpc) is 3.87. The lowest BCUT2D eigenvalue weighted by Crippen LogP contribution is -2.54. The van der Waals surface area contributed by atoms with Gasteiger partial charge in [0.1, 0.15) is 35.3 Å². The van der Waals surface area contributed by atoms with Crippen molar-refractivity contribution in [2.45, 2.75) is 52.1 Å². The zero-order valence-corrected chi connectivity index (χ0v) is 37.6. The third-order valence-electron chi connectivity index (χ3n) is 11.1. The molecule has 5 aromatic rings. The first-order chi connectivity index (χ1) is 31.5. The van der Waals surface area contributed by atoms with Gasteiger partial charge in [0.05, 0.1) is 62.9 Å². The standard InChI is InChI=1S/C46H47ClN8O9S/c1-26-27(2)65-46-39(26)41(29-7-9-30(47)10-8-29)50-35(42-53-52-28(3)54(42)46)25-38(57)49-31-11-13-32(14-12-31)64-24-23-63-22-21-62-20-19-61-18-17-48-34-6-4-5-33-40(34)45(60)55(44(33)59)36-15-16-37(56)51-43(36)58/h4-14,35-36,48H,15-25H2,1-3H3,(H,49,57)(H,51,56,58). The van der Waals surface area contributed by atoms with Gasteiger partial charge >= 0.3 is 0 Å². The summed E-state index contributed by atoms with van der Waals surface area (Å²) in [5.41, 5.74) is 5.28. The lowest BCUT2D eigenvalue weighted by molar-refractivity contribution is -0.136. The zero-order valence-electron chi connectivity index (χ0n) is 36.0. The number of hydrogen-bond acceptors (Lipinski definition) is 14. The number of benzene rings is 3. The van der Waals surface area contributed by atoms with E-state index in [1.54, 1.807) is 53.8 Å². The molecule has 3 aromatic carbocycles. The SMILES string of the molecule is Cc1sc2c(c1C)C(c1ccc(Cl)cc1)=NC(CC(=O)Nc1ccc(OCCOCCOCCOCCNc3cccc4c3C(=O)N(C3CCC(=O)NC3=O)C4=O)cc1)c1nnc(C)n1-2. The number of nitrogens with one attached hydrogen (secondary N) is 3. The second-order valence-corrected chi connectivity index (χ2v) is 17.1. The second kappa shape index (κ2) is 20.2. The molecule has 1 saturated heterocycles. The molecule has 0 spiro atoms. The van der Waals surface area contributed by atoms with Gasteiger partial charge in [-0.3, -0.25) is 43.7 Å². The predicted molar refractivity (Wildman–Crippen MR) is 243 cm³/mol. The van der Waals surface area contributed by atoms with Gasteiger partial charge in [0.2, 0.25) is 17.7 Å². The molecular formula is C46H47ClN8O9S. The number of piperidine rings is 1. The minimum absolute atomic E-state index is 0.0499. The first kappa shape index (κ1) is 45.3. The molecule has 0 bridgehead atoms. The maximum Gasteiger partial charge on any atom is 0.264 e. The molecule has 0 aliphatic carbocycles. The number of halogens is 1. The maximum absolute atomic E-state index is 13.5. The number of ether oxygens (including phenoxy) is 4. The average molecular weight is 923 g/mol. The number of anilines is 2. The number of thiophene rings is 1. The summed E-state index contributed by atoms with van der Waals surface area (Å²) in [6, 6.07) is 18.0. The Morgan fingerprint density at radius 3 is 2.28 bits per heavy atom. The van der Waals surface area contributed by atoms with Gasteiger partial charge in [0, 0.05) is 45.4 Å². The van der Waals surface area contributed by atoms with E-state index in [4.69, 9.17) is 35.5 Å². The fourth-order valence-corrected chi connectivity index (χ4v) is 9.18. The van der Waals surface area contributed by atoms with Crippen LogP contribution in [-0.4, -0.2) is 114 Å². The van der Waals surface area contributed by atoms with Crippen molar-refractivity contribution in [3.05, 3.63) is 116 Å². The molecule has 3 aliphatic heterocycles. The molecule has 3 N–H and O–H groups in total. The van der Waals surface area contributed by atoms with E-state index in [9.17, 15) is 24.0 Å². The van der Waals surface area contributed by atoms with Gasteiger partial charge < -0.3 is 29.6 Å². The lowest BCUT2D eigenvalue weighted by Gasteiger charge is -2.27. The Bertz CT molecular complexity index is 2650. The van der Waals surface area contributed by atoms with E-state index in [0.29, 0.717) is 80.8 Å². The Kier molecular flexibility index (Phi) is 14.1. The molecule has 338 valence electrons. The summed E-state index contributed by atoms with van der Waals surface area (Å²) < 4.78 is 24.7. The third-order valence-corrected chi connectivity index (χ3v) is 12.6. The molecule has 65 heavy (non-hydrogen) atoms. The van der Waals surface area contributed by atoms with Gasteiger partial charge in [-0.2, -0.15) is 0 Å². The number of imide groups is 2. The van der Waals surface area contributed by atoms with Gasteiger partial charge in [-0.25, -0.2) is 0 Å². The summed E-state index contributed by atoms with van der Waals surface area (Å²) in [5.74, 6) is -0.476. The Hall–Kier alpha value is -6.31. The molecule has 5 heterocycles. The summed E-state index contributed by atoms with van der Waals surface area (Å²) >= 11 is 7.89. The number of fused-ring (bicyclic) bond motifs is 4. The third kappa shape index (κ3) is 10.0. The predicted octanol–water partition coefficient (Wildman–Crippen LogP) is 5.77. The van der Waals surface area contributed by atoms with Crippen LogP contribution in [0.5, 0.6) is 5.75 Å². The minimum Gasteiger partial charge on any atom is -0.491 e. The highest BCUT2D eigenvalue weighted by molar-refractivity contribution is 7.15. The zero-order chi connectivity index (χ0) is 45.6. The van der Waals surface area contributed by atoms with Gasteiger partial charge in [-0.15, -0.1) is 21.5 Å². The van der Waals surface area contributed by atoms with E-state index in [1.807, 2.05) is 35.8 Å². The Morgan fingerprint density at radius 1 is 0.846 bits per heavy atom. The number of carbonyl (C=O) groups excluding carboxylic acids is 5. The van der Waals surface area contributed by atoms with E-state index in [2.05, 4.69) is 40.0 Å². The Labute approximate surface area is 383 Å². The van der Waals surface area contributed by atoms with Crippen molar-refractivity contribution < 1.29 is 42.9 Å². The highest BCUT2D eigenvalue weighted by Crippen LogP contribution is 2.40. The first-order valence-corrected chi connectivity index (χ1v) is 22.4. The molecular weight excluding hydrogens is 876 g/mol. The molecule has 3 aliphatic rings. The van der Waals surface area contributed by atoms with Crippen LogP contribution in [0, 0.1) is 20.8 Å². The molecule has 1 fully saturated rings. The molecule has 2 unspecified atom stereocenters. The summed E-state index contributed by atoms with van der Waals surface area (Å²) in [7, 11) is 0. The summed E-state index contributed by atoms with van der Waals surface area (Å²) in [6.07, 6.45) is 0.196. The van der Waals surface area contributed by atoms with Gasteiger partial charge in [0.15, 0.2) is 5.82 Å². The van der Waals surface area contributed by atoms with E-state index >= 15 is 0 Å². The topological polar surface area (TPSA) is 205 Å². The van der Waals surface area contributed by atoms with Crippen molar-refractivity contribution in [3.8, 4) is 10.8 Å². The van der Waals surface area contributed by atoms with Crippen molar-refractivity contribution >= 4 is 69.6 Å². The summed E-state index contributed by atoms with van der Waals surface area (Å²) in [4.78, 5) is 71.0. The van der Waals surface area contributed by atoms with Crippen molar-refractivity contribution in [1.29, 1.82) is 0 Å². The molecule has 8 rings (SSSR count). The van der Waals surface area contributed by atoms with E-state index < -0.39 is 35.7 Å². The minimum atomic E-state index is -1.03. The number of aliphatic imine (C=N–C) groups is 1. The van der Waals surface area contributed by atoms with Crippen molar-refractivity contribution in [3.63, 3.8) is 0 Å². The number of hydrogen-bond donors (Lipinski definition) is 3. The number of amides is 5. The Morgan fingerprint density at radius 2 is 1.55 bits per heavy atom. The second-order valence-electron chi connectivity index (χ2n) is 15.5. The van der Waals surface area contributed by atoms with E-state index in [0.717, 1.165) is 38.1 Å². The Balaban J connectivity index is 0.716. The van der Waals surface area contributed by atoms with Gasteiger partial charge in [-0.1, -0.05) is 29.8 Å². The fourth-order valence-electron chi connectivity index (χ4n) is 7.84. The van der Waals surface area contributed by atoms with Crippen LogP contribution in [0.25, 0.3) is 5.00 Å². The number of nitrogens with zero attached hydrogens (tertiary/aromatic N) is 5. The lowest BCUT2D eigenvalue weighted by atomic mass is 9.99. The highest BCUT2D eigenvalue weighted by atomic mass is 35.5. The molecule has 5 amide bonds. The normalized spacial score (nSPS) is 16.7. The monoisotopic (exact) mass is 922 g/mol. The smallest absolute Gasteiger partial charge is 0.264 e. The van der Waals surface area contributed by atoms with Crippen LogP contribution in [0.4, 0.5) is 11.4 Å². The molecule has 0 radical (unpaired) electrons. The maximum atomic E-state index is 13.5. The van der Waals surface area contributed by atoms with E-state index in [1.165, 1.54) is 4.88 Å². The fraction of sp³-hybridized carbons (Fsp3) is 0.348. The molecule has 17 nitrogen and oxygen atoms in total. The van der Waals surface area contributed by atoms with Crippen LogP contribution >= 0.6 is 22.9 Å².